The van der Waals surface area contributed by atoms with E-state index in [0.717, 1.165) is 13.1 Å². The maximum atomic E-state index is 4.55. The van der Waals surface area contributed by atoms with Crippen molar-refractivity contribution in [1.29, 1.82) is 0 Å². The van der Waals surface area contributed by atoms with Crippen molar-refractivity contribution in [1.82, 2.24) is 24.6 Å². The second-order valence-electron chi connectivity index (χ2n) is 6.73. The summed E-state index contributed by atoms with van der Waals surface area (Å²) in [6.07, 6.45) is 4.28. The highest BCUT2D eigenvalue weighted by Gasteiger charge is 2.48. The highest BCUT2D eigenvalue weighted by Crippen LogP contribution is 2.31. The highest BCUT2D eigenvalue weighted by atomic mass is 15.6. The van der Waals surface area contributed by atoms with Crippen molar-refractivity contribution in [3.8, 4) is 0 Å². The molecule has 3 aliphatic rings. The number of piperazine rings is 2. The van der Waals surface area contributed by atoms with Gasteiger partial charge in [0.25, 0.3) is 0 Å². The molecule has 3 aliphatic heterocycles. The molecule has 0 aromatic carbocycles. The van der Waals surface area contributed by atoms with E-state index in [9.17, 15) is 0 Å². The van der Waals surface area contributed by atoms with Gasteiger partial charge in [-0.05, 0) is 25.1 Å². The van der Waals surface area contributed by atoms with E-state index in [4.69, 9.17) is 0 Å². The van der Waals surface area contributed by atoms with Gasteiger partial charge in [-0.1, -0.05) is 13.0 Å². The van der Waals surface area contributed by atoms with Crippen molar-refractivity contribution in [3.05, 3.63) is 30.1 Å². The zero-order chi connectivity index (χ0) is 14.9. The SMILES string of the molecule is CCCN1CCN2CCN3CCN(Cc4ccccn4)C1C23. The van der Waals surface area contributed by atoms with E-state index in [1.807, 2.05) is 12.3 Å². The highest BCUT2D eigenvalue weighted by molar-refractivity contribution is 5.06. The van der Waals surface area contributed by atoms with Crippen LogP contribution < -0.4 is 0 Å². The molecule has 0 spiro atoms. The Labute approximate surface area is 133 Å². The molecule has 2 atom stereocenters. The van der Waals surface area contributed by atoms with Crippen molar-refractivity contribution in [3.63, 3.8) is 0 Å². The van der Waals surface area contributed by atoms with Crippen LogP contribution in [-0.2, 0) is 6.54 Å². The first kappa shape index (κ1) is 14.6. The quantitative estimate of drug-likeness (QED) is 0.823. The molecule has 4 heterocycles. The first-order valence-corrected chi connectivity index (χ1v) is 8.73. The van der Waals surface area contributed by atoms with Crippen molar-refractivity contribution in [2.75, 3.05) is 45.8 Å². The maximum Gasteiger partial charge on any atom is 0.0925 e. The van der Waals surface area contributed by atoms with E-state index in [2.05, 4.69) is 43.6 Å². The van der Waals surface area contributed by atoms with Crippen molar-refractivity contribution < 1.29 is 0 Å². The summed E-state index contributed by atoms with van der Waals surface area (Å²) in [5, 5.41) is 0. The zero-order valence-electron chi connectivity index (χ0n) is 13.6. The van der Waals surface area contributed by atoms with Crippen LogP contribution >= 0.6 is 0 Å². The Morgan fingerprint density at radius 1 is 0.955 bits per heavy atom. The molecule has 3 saturated heterocycles. The minimum absolute atomic E-state index is 0.534. The van der Waals surface area contributed by atoms with Gasteiger partial charge in [0.15, 0.2) is 0 Å². The largest absolute Gasteiger partial charge is 0.284 e. The lowest BCUT2D eigenvalue weighted by Gasteiger charge is -2.54. The third kappa shape index (κ3) is 2.56. The smallest absolute Gasteiger partial charge is 0.0925 e. The molecule has 0 N–H and O–H groups in total. The van der Waals surface area contributed by atoms with Gasteiger partial charge in [-0.2, -0.15) is 0 Å². The van der Waals surface area contributed by atoms with Gasteiger partial charge < -0.3 is 0 Å². The second kappa shape index (κ2) is 6.24. The summed E-state index contributed by atoms with van der Waals surface area (Å²) in [5.41, 5.74) is 1.20. The summed E-state index contributed by atoms with van der Waals surface area (Å²) in [4.78, 5) is 15.3. The predicted octanol–water partition coefficient (Wildman–Crippen LogP) is 0.893. The van der Waals surface area contributed by atoms with Crippen LogP contribution in [0.15, 0.2) is 24.4 Å². The lowest BCUT2D eigenvalue weighted by molar-refractivity contribution is -0.121. The summed E-state index contributed by atoms with van der Waals surface area (Å²) < 4.78 is 0. The van der Waals surface area contributed by atoms with Crippen LogP contribution in [0.4, 0.5) is 0 Å². The van der Waals surface area contributed by atoms with Gasteiger partial charge in [0.2, 0.25) is 0 Å². The number of nitrogens with zero attached hydrogens (tertiary/aromatic N) is 5. The lowest BCUT2D eigenvalue weighted by atomic mass is 10.1. The molecule has 4 rings (SSSR count). The van der Waals surface area contributed by atoms with Crippen LogP contribution in [0.2, 0.25) is 0 Å². The molecule has 0 bridgehead atoms. The average molecular weight is 301 g/mol. The topological polar surface area (TPSA) is 25.9 Å². The number of pyridine rings is 1. The standard InChI is InChI=1S/C17H27N5/c1-2-7-19-8-9-20-10-11-21-12-13-22(17(19)16(20)21)14-15-5-3-4-6-18-15/h3-6,16-17H,2,7-14H2,1H3. The fraction of sp³-hybridized carbons (Fsp3) is 0.706. The second-order valence-corrected chi connectivity index (χ2v) is 6.73. The van der Waals surface area contributed by atoms with E-state index in [0.29, 0.717) is 12.3 Å². The van der Waals surface area contributed by atoms with Crippen LogP contribution in [0.5, 0.6) is 0 Å². The molecule has 3 fully saturated rings. The minimum Gasteiger partial charge on any atom is -0.284 e. The third-order valence-electron chi connectivity index (χ3n) is 5.39. The van der Waals surface area contributed by atoms with Crippen LogP contribution in [0.25, 0.3) is 0 Å². The van der Waals surface area contributed by atoms with E-state index in [1.165, 1.54) is 51.4 Å². The third-order valence-corrected chi connectivity index (χ3v) is 5.39. The Hall–Kier alpha value is -1.01. The number of rotatable bonds is 4. The van der Waals surface area contributed by atoms with Crippen molar-refractivity contribution >= 4 is 0 Å². The van der Waals surface area contributed by atoms with E-state index < -0.39 is 0 Å². The first-order chi connectivity index (χ1) is 10.9. The molecule has 5 nitrogen and oxygen atoms in total. The lowest BCUT2D eigenvalue weighted by Crippen LogP contribution is -2.70. The monoisotopic (exact) mass is 301 g/mol. The Kier molecular flexibility index (Phi) is 4.13. The van der Waals surface area contributed by atoms with Gasteiger partial charge in [0.05, 0.1) is 18.0 Å². The van der Waals surface area contributed by atoms with E-state index >= 15 is 0 Å². The molecule has 0 saturated carbocycles. The van der Waals surface area contributed by atoms with Crippen LogP contribution in [-0.4, -0.2) is 82.7 Å². The first-order valence-electron chi connectivity index (χ1n) is 8.73. The van der Waals surface area contributed by atoms with Gasteiger partial charge in [0.1, 0.15) is 0 Å². The van der Waals surface area contributed by atoms with Gasteiger partial charge in [0, 0.05) is 52.0 Å². The summed E-state index contributed by atoms with van der Waals surface area (Å²) in [5.74, 6) is 0. The van der Waals surface area contributed by atoms with Gasteiger partial charge in [-0.15, -0.1) is 0 Å². The maximum absolute atomic E-state index is 4.55. The molecule has 22 heavy (non-hydrogen) atoms. The van der Waals surface area contributed by atoms with Gasteiger partial charge in [-0.25, -0.2) is 0 Å². The zero-order valence-corrected chi connectivity index (χ0v) is 13.6. The van der Waals surface area contributed by atoms with Crippen molar-refractivity contribution in [2.45, 2.75) is 32.2 Å². The number of aromatic nitrogens is 1. The number of hydrogen-bond acceptors (Lipinski definition) is 5. The summed E-state index contributed by atoms with van der Waals surface area (Å²) in [6, 6.07) is 6.26. The number of hydrogen-bond donors (Lipinski definition) is 0. The molecule has 0 amide bonds. The Morgan fingerprint density at radius 3 is 2.36 bits per heavy atom. The van der Waals surface area contributed by atoms with Crippen molar-refractivity contribution in [2.24, 2.45) is 0 Å². The van der Waals surface area contributed by atoms with Gasteiger partial charge >= 0.3 is 0 Å². The molecule has 120 valence electrons. The molecule has 2 unspecified atom stereocenters. The minimum atomic E-state index is 0.534. The van der Waals surface area contributed by atoms with Crippen LogP contribution in [0, 0.1) is 0 Å². The molecule has 1 aromatic heterocycles. The summed E-state index contributed by atoms with van der Waals surface area (Å²) in [6.45, 7) is 11.8. The summed E-state index contributed by atoms with van der Waals surface area (Å²) in [7, 11) is 0. The van der Waals surface area contributed by atoms with E-state index in [1.54, 1.807) is 0 Å². The summed E-state index contributed by atoms with van der Waals surface area (Å²) >= 11 is 0. The van der Waals surface area contributed by atoms with Crippen LogP contribution in [0.1, 0.15) is 19.0 Å². The molecule has 5 heteroatoms. The Bertz CT molecular complexity index is 487. The molecular weight excluding hydrogens is 274 g/mol. The van der Waals surface area contributed by atoms with Gasteiger partial charge in [-0.3, -0.25) is 24.6 Å². The molecule has 0 aliphatic carbocycles. The molecule has 1 aromatic rings. The van der Waals surface area contributed by atoms with Crippen LogP contribution in [0.3, 0.4) is 0 Å². The molecule has 0 radical (unpaired) electrons. The Morgan fingerprint density at radius 2 is 1.68 bits per heavy atom. The fourth-order valence-electron chi connectivity index (χ4n) is 4.41. The predicted molar refractivity (Wildman–Crippen MR) is 87.2 cm³/mol. The Balaban J connectivity index is 1.58. The fourth-order valence-corrected chi connectivity index (χ4v) is 4.41. The molecular formula is C17H27N5. The normalized spacial score (nSPS) is 30.6. The van der Waals surface area contributed by atoms with E-state index in [-0.39, 0.29) is 0 Å². The average Bonchev–Trinajstić information content (AvgIpc) is 2.97.